The summed E-state index contributed by atoms with van der Waals surface area (Å²) in [6, 6.07) is 12.8. The number of nitrogens with zero attached hydrogens (tertiary/aromatic N) is 3. The molecule has 1 saturated heterocycles. The van der Waals surface area contributed by atoms with E-state index in [0.717, 1.165) is 21.6 Å². The second kappa shape index (κ2) is 7.53. The van der Waals surface area contributed by atoms with Gasteiger partial charge in [0.05, 0.1) is 27.5 Å². The minimum atomic E-state index is -0.192. The third kappa shape index (κ3) is 3.38. The lowest BCUT2D eigenvalue weighted by atomic mass is 10.1. The molecule has 1 aliphatic rings. The van der Waals surface area contributed by atoms with Crippen LogP contribution in [-0.2, 0) is 4.79 Å². The fraction of sp³-hybridized carbons (Fsp3) is 0.286. The molecule has 0 N–H and O–H groups in total. The van der Waals surface area contributed by atoms with Crippen molar-refractivity contribution in [3.8, 4) is 0 Å². The first-order valence-electron chi connectivity index (χ1n) is 9.18. The van der Waals surface area contributed by atoms with Crippen LogP contribution in [0.1, 0.15) is 41.2 Å². The van der Waals surface area contributed by atoms with Gasteiger partial charge < -0.3 is 9.80 Å². The fourth-order valence-corrected chi connectivity index (χ4v) is 4.64. The number of thiazole rings is 1. The van der Waals surface area contributed by atoms with Crippen LogP contribution in [0.4, 0.5) is 5.69 Å². The highest BCUT2D eigenvalue weighted by atomic mass is 35.5. The SMILES string of the molecule is C[C@@H](c1nc2ccccc2s1)N(C)C(=O)c1ccc(Cl)cc1N1CCCC1=O. The van der Waals surface area contributed by atoms with E-state index in [-0.39, 0.29) is 17.9 Å². The van der Waals surface area contributed by atoms with Gasteiger partial charge in [-0.05, 0) is 43.7 Å². The summed E-state index contributed by atoms with van der Waals surface area (Å²) < 4.78 is 1.10. The van der Waals surface area contributed by atoms with Crippen molar-refractivity contribution in [1.29, 1.82) is 0 Å². The van der Waals surface area contributed by atoms with Gasteiger partial charge in [-0.3, -0.25) is 9.59 Å². The van der Waals surface area contributed by atoms with E-state index in [9.17, 15) is 9.59 Å². The maximum Gasteiger partial charge on any atom is 0.256 e. The second-order valence-corrected chi connectivity index (χ2v) is 8.42. The summed E-state index contributed by atoms with van der Waals surface area (Å²) in [5.74, 6) is -0.128. The number of halogens is 1. The first-order valence-corrected chi connectivity index (χ1v) is 10.4. The van der Waals surface area contributed by atoms with Gasteiger partial charge in [-0.25, -0.2) is 4.98 Å². The molecule has 0 radical (unpaired) electrons. The highest BCUT2D eigenvalue weighted by Gasteiger charge is 2.29. The number of carbonyl (C=O) groups is 2. The zero-order valence-electron chi connectivity index (χ0n) is 15.7. The Morgan fingerprint density at radius 3 is 2.79 bits per heavy atom. The fourth-order valence-electron chi connectivity index (χ4n) is 3.41. The lowest BCUT2D eigenvalue weighted by Gasteiger charge is -2.26. The number of para-hydroxylation sites is 1. The number of amides is 2. The number of benzene rings is 2. The Bertz CT molecular complexity index is 1030. The van der Waals surface area contributed by atoms with Crippen LogP contribution in [0.25, 0.3) is 10.2 Å². The van der Waals surface area contributed by atoms with E-state index in [4.69, 9.17) is 11.6 Å². The van der Waals surface area contributed by atoms with Gasteiger partial charge in [0, 0.05) is 25.0 Å². The second-order valence-electron chi connectivity index (χ2n) is 6.92. The van der Waals surface area contributed by atoms with E-state index in [1.165, 1.54) is 0 Å². The molecule has 1 fully saturated rings. The Balaban J connectivity index is 1.66. The number of anilines is 1. The maximum atomic E-state index is 13.3. The molecule has 2 aromatic carbocycles. The van der Waals surface area contributed by atoms with Gasteiger partial charge in [-0.15, -0.1) is 11.3 Å². The summed E-state index contributed by atoms with van der Waals surface area (Å²) in [4.78, 5) is 33.5. The van der Waals surface area contributed by atoms with Gasteiger partial charge in [-0.1, -0.05) is 23.7 Å². The molecule has 0 aliphatic carbocycles. The van der Waals surface area contributed by atoms with Gasteiger partial charge >= 0.3 is 0 Å². The monoisotopic (exact) mass is 413 g/mol. The third-order valence-corrected chi connectivity index (χ3v) is 6.57. The average molecular weight is 414 g/mol. The van der Waals surface area contributed by atoms with Crippen molar-refractivity contribution in [2.24, 2.45) is 0 Å². The molecular weight excluding hydrogens is 394 g/mol. The Morgan fingerprint density at radius 2 is 2.07 bits per heavy atom. The van der Waals surface area contributed by atoms with E-state index in [0.29, 0.717) is 29.2 Å². The van der Waals surface area contributed by atoms with Crippen molar-refractivity contribution < 1.29 is 9.59 Å². The van der Waals surface area contributed by atoms with Crippen LogP contribution in [0.2, 0.25) is 5.02 Å². The van der Waals surface area contributed by atoms with Gasteiger partial charge in [-0.2, -0.15) is 0 Å². The van der Waals surface area contributed by atoms with Crippen molar-refractivity contribution in [1.82, 2.24) is 9.88 Å². The highest BCUT2D eigenvalue weighted by molar-refractivity contribution is 7.18. The quantitative estimate of drug-likeness (QED) is 0.610. The highest BCUT2D eigenvalue weighted by Crippen LogP contribution is 2.33. The Labute approximate surface area is 172 Å². The van der Waals surface area contributed by atoms with Crippen LogP contribution in [0.5, 0.6) is 0 Å². The van der Waals surface area contributed by atoms with Crippen molar-refractivity contribution >= 4 is 50.7 Å². The van der Waals surface area contributed by atoms with Crippen LogP contribution in [0.3, 0.4) is 0 Å². The molecule has 0 saturated carbocycles. The molecule has 5 nitrogen and oxygen atoms in total. The summed E-state index contributed by atoms with van der Waals surface area (Å²) in [6.45, 7) is 2.57. The normalized spacial score (nSPS) is 15.2. The average Bonchev–Trinajstić information content (AvgIpc) is 3.32. The largest absolute Gasteiger partial charge is 0.332 e. The summed E-state index contributed by atoms with van der Waals surface area (Å²) in [5.41, 5.74) is 2.00. The zero-order valence-corrected chi connectivity index (χ0v) is 17.3. The Kier molecular flexibility index (Phi) is 5.08. The molecule has 1 atom stereocenters. The molecule has 1 aliphatic heterocycles. The van der Waals surface area contributed by atoms with Gasteiger partial charge in [0.2, 0.25) is 5.91 Å². The number of hydrogen-bond donors (Lipinski definition) is 0. The van der Waals surface area contributed by atoms with Crippen molar-refractivity contribution in [2.45, 2.75) is 25.8 Å². The van der Waals surface area contributed by atoms with Crippen molar-refractivity contribution in [2.75, 3.05) is 18.5 Å². The minimum absolute atomic E-state index is 0.0261. The van der Waals surface area contributed by atoms with Crippen LogP contribution in [0.15, 0.2) is 42.5 Å². The zero-order chi connectivity index (χ0) is 19.8. The molecule has 4 rings (SSSR count). The molecule has 28 heavy (non-hydrogen) atoms. The third-order valence-electron chi connectivity index (χ3n) is 5.12. The molecule has 2 heterocycles. The van der Waals surface area contributed by atoms with Gasteiger partial charge in [0.25, 0.3) is 5.91 Å². The summed E-state index contributed by atoms with van der Waals surface area (Å²) in [5, 5.41) is 1.39. The number of aromatic nitrogens is 1. The first-order chi connectivity index (χ1) is 13.5. The number of hydrogen-bond acceptors (Lipinski definition) is 4. The van der Waals surface area contributed by atoms with E-state index >= 15 is 0 Å². The topological polar surface area (TPSA) is 53.5 Å². The number of rotatable bonds is 4. The van der Waals surface area contributed by atoms with Crippen LogP contribution in [0, 0.1) is 0 Å². The molecular formula is C21H20ClN3O2S. The van der Waals surface area contributed by atoms with Crippen molar-refractivity contribution in [3.63, 3.8) is 0 Å². The molecule has 2 amide bonds. The predicted molar refractivity (Wildman–Crippen MR) is 113 cm³/mol. The van der Waals surface area contributed by atoms with Crippen LogP contribution < -0.4 is 4.90 Å². The minimum Gasteiger partial charge on any atom is -0.332 e. The van der Waals surface area contributed by atoms with E-state index in [1.807, 2.05) is 31.2 Å². The summed E-state index contributed by atoms with van der Waals surface area (Å²) in [6.07, 6.45) is 1.29. The Hall–Kier alpha value is -2.44. The first kappa shape index (κ1) is 18.9. The smallest absolute Gasteiger partial charge is 0.256 e. The number of carbonyl (C=O) groups excluding carboxylic acids is 2. The lowest BCUT2D eigenvalue weighted by Crippen LogP contribution is -2.32. The van der Waals surface area contributed by atoms with E-state index < -0.39 is 0 Å². The summed E-state index contributed by atoms with van der Waals surface area (Å²) >= 11 is 7.75. The molecule has 1 aromatic heterocycles. The molecule has 0 bridgehead atoms. The van der Waals surface area contributed by atoms with Gasteiger partial charge in [0.15, 0.2) is 0 Å². The van der Waals surface area contributed by atoms with Crippen molar-refractivity contribution in [3.05, 3.63) is 58.1 Å². The molecule has 0 spiro atoms. The van der Waals surface area contributed by atoms with Gasteiger partial charge in [0.1, 0.15) is 5.01 Å². The Morgan fingerprint density at radius 1 is 1.29 bits per heavy atom. The molecule has 3 aromatic rings. The number of fused-ring (bicyclic) bond motifs is 1. The van der Waals surface area contributed by atoms with Crippen LogP contribution >= 0.6 is 22.9 Å². The predicted octanol–water partition coefficient (Wildman–Crippen LogP) is 4.91. The molecule has 0 unspecified atom stereocenters. The summed E-state index contributed by atoms with van der Waals surface area (Å²) in [7, 11) is 1.77. The maximum absolute atomic E-state index is 13.3. The van der Waals surface area contributed by atoms with Crippen LogP contribution in [-0.4, -0.2) is 35.3 Å². The van der Waals surface area contributed by atoms with E-state index in [1.54, 1.807) is 46.4 Å². The molecule has 144 valence electrons. The van der Waals surface area contributed by atoms with E-state index in [2.05, 4.69) is 4.98 Å². The standard InChI is InChI=1S/C21H20ClN3O2S/c1-13(20-23-16-6-3-4-7-18(16)28-20)24(2)21(27)15-10-9-14(22)12-17(15)25-11-5-8-19(25)26/h3-4,6-7,9-10,12-13H,5,8,11H2,1-2H3/t13-/m0/s1. The molecule has 7 heteroatoms. The lowest BCUT2D eigenvalue weighted by molar-refractivity contribution is -0.117.